The molecule has 3 rings (SSSR count). The minimum absolute atomic E-state index is 0. The zero-order valence-corrected chi connectivity index (χ0v) is 17.3. The van der Waals surface area contributed by atoms with Crippen molar-refractivity contribution in [1.29, 1.82) is 0 Å². The van der Waals surface area contributed by atoms with Crippen LogP contribution in [-0.4, -0.2) is 30.6 Å². The summed E-state index contributed by atoms with van der Waals surface area (Å²) in [7, 11) is 0. The van der Waals surface area contributed by atoms with E-state index in [1.54, 1.807) is 6.07 Å². The Labute approximate surface area is 171 Å². The molecule has 0 spiro atoms. The van der Waals surface area contributed by atoms with Crippen LogP contribution in [0, 0.1) is 0 Å². The maximum atomic E-state index is 6.05. The van der Waals surface area contributed by atoms with Gasteiger partial charge in [0.25, 0.3) is 0 Å². The molecule has 0 amide bonds. The Morgan fingerprint density at radius 3 is 2.56 bits per heavy atom. The highest BCUT2D eigenvalue weighted by molar-refractivity contribution is 6.35. The Kier molecular flexibility index (Phi) is 9.65. The van der Waals surface area contributed by atoms with Crippen LogP contribution in [-0.2, 0) is 6.54 Å². The summed E-state index contributed by atoms with van der Waals surface area (Å²) in [6.45, 7) is 6.33. The fraction of sp³-hybridized carbons (Fsp3) is 0.444. The molecule has 1 aliphatic heterocycles. The highest BCUT2D eigenvalue weighted by atomic mass is 35.5. The van der Waals surface area contributed by atoms with Crippen molar-refractivity contribution in [2.24, 2.45) is 0 Å². The van der Waals surface area contributed by atoms with Crippen LogP contribution in [0.4, 0.5) is 0 Å². The lowest BCUT2D eigenvalue weighted by Crippen LogP contribution is -2.37. The van der Waals surface area contributed by atoms with Gasteiger partial charge in [0.2, 0.25) is 0 Å². The molecule has 3 nitrogen and oxygen atoms in total. The highest BCUT2D eigenvalue weighted by Gasteiger charge is 2.22. The van der Waals surface area contributed by atoms with Crippen LogP contribution < -0.4 is 5.32 Å². The first kappa shape index (κ1) is 22.6. The molecule has 0 radical (unpaired) electrons. The van der Waals surface area contributed by atoms with Gasteiger partial charge in [-0.05, 0) is 56.3 Å². The van der Waals surface area contributed by atoms with Gasteiger partial charge < -0.3 is 9.73 Å². The fourth-order valence-electron chi connectivity index (χ4n) is 3.23. The van der Waals surface area contributed by atoms with Crippen molar-refractivity contribution in [3.8, 4) is 11.3 Å². The van der Waals surface area contributed by atoms with Crippen LogP contribution in [0.3, 0.4) is 0 Å². The third kappa shape index (κ3) is 6.06. The minimum Gasteiger partial charge on any atom is -0.460 e. The van der Waals surface area contributed by atoms with Gasteiger partial charge in [-0.15, -0.1) is 24.8 Å². The Morgan fingerprint density at radius 2 is 1.88 bits per heavy atom. The Hall–Kier alpha value is -0.420. The number of likely N-dealkylation sites (tertiary alicyclic amines) is 1. The molecule has 0 bridgehead atoms. The van der Waals surface area contributed by atoms with Crippen molar-refractivity contribution in [3.05, 3.63) is 46.1 Å². The van der Waals surface area contributed by atoms with Crippen LogP contribution in [0.25, 0.3) is 11.3 Å². The Morgan fingerprint density at radius 1 is 1.16 bits per heavy atom. The zero-order chi connectivity index (χ0) is 16.2. The second kappa shape index (κ2) is 10.7. The predicted octanol–water partition coefficient (Wildman–Crippen LogP) is 5.67. The molecule has 140 valence electrons. The number of hydrogen-bond acceptors (Lipinski definition) is 3. The van der Waals surface area contributed by atoms with E-state index in [2.05, 4.69) is 17.1 Å². The van der Waals surface area contributed by atoms with Gasteiger partial charge in [-0.25, -0.2) is 0 Å². The summed E-state index contributed by atoms with van der Waals surface area (Å²) in [5.41, 5.74) is 0.904. The van der Waals surface area contributed by atoms with Gasteiger partial charge in [-0.1, -0.05) is 30.1 Å². The van der Waals surface area contributed by atoms with E-state index < -0.39 is 0 Å². The summed E-state index contributed by atoms with van der Waals surface area (Å²) in [6.07, 6.45) is 2.59. The van der Waals surface area contributed by atoms with Gasteiger partial charge in [-0.2, -0.15) is 0 Å². The Bertz CT molecular complexity index is 642. The number of rotatable bonds is 6. The maximum Gasteiger partial charge on any atom is 0.134 e. The molecule has 0 aliphatic carbocycles. The molecule has 2 aromatic rings. The van der Waals surface area contributed by atoms with E-state index in [0.29, 0.717) is 16.1 Å². The molecular formula is C18H24Cl4N2O. The van der Waals surface area contributed by atoms with E-state index in [1.807, 2.05) is 24.3 Å². The predicted molar refractivity (Wildman–Crippen MR) is 111 cm³/mol. The molecular weight excluding hydrogens is 402 g/mol. The number of nitrogens with zero attached hydrogens (tertiary/aromatic N) is 1. The molecule has 1 aromatic heterocycles. The number of nitrogens with one attached hydrogen (secondary N) is 1. The average molecular weight is 426 g/mol. The molecule has 1 N–H and O–H groups in total. The van der Waals surface area contributed by atoms with Crippen molar-refractivity contribution >= 4 is 48.0 Å². The van der Waals surface area contributed by atoms with Gasteiger partial charge in [0.05, 0.1) is 6.54 Å². The van der Waals surface area contributed by atoms with E-state index >= 15 is 0 Å². The van der Waals surface area contributed by atoms with E-state index in [1.165, 1.54) is 19.4 Å². The van der Waals surface area contributed by atoms with Crippen molar-refractivity contribution in [1.82, 2.24) is 10.2 Å². The highest BCUT2D eigenvalue weighted by Crippen LogP contribution is 2.28. The van der Waals surface area contributed by atoms with Gasteiger partial charge in [0, 0.05) is 28.2 Å². The van der Waals surface area contributed by atoms with Crippen molar-refractivity contribution in [2.45, 2.75) is 32.4 Å². The molecule has 1 atom stereocenters. The summed E-state index contributed by atoms with van der Waals surface area (Å²) in [5, 5.41) is 4.74. The lowest BCUT2D eigenvalue weighted by Gasteiger charge is -2.22. The molecule has 1 saturated heterocycles. The van der Waals surface area contributed by atoms with E-state index in [0.717, 1.165) is 36.7 Å². The third-order valence-electron chi connectivity index (χ3n) is 4.39. The monoisotopic (exact) mass is 424 g/mol. The quantitative estimate of drug-likeness (QED) is 0.645. The largest absolute Gasteiger partial charge is 0.460 e. The van der Waals surface area contributed by atoms with E-state index in [4.69, 9.17) is 27.6 Å². The zero-order valence-electron chi connectivity index (χ0n) is 14.1. The summed E-state index contributed by atoms with van der Waals surface area (Å²) in [6, 6.07) is 10.1. The molecule has 1 aliphatic rings. The topological polar surface area (TPSA) is 28.4 Å². The van der Waals surface area contributed by atoms with Crippen LogP contribution in [0.5, 0.6) is 0 Å². The molecule has 1 fully saturated rings. The minimum atomic E-state index is 0. The first-order chi connectivity index (χ1) is 11.2. The van der Waals surface area contributed by atoms with Crippen molar-refractivity contribution < 1.29 is 4.42 Å². The number of benzene rings is 1. The lowest BCUT2D eigenvalue weighted by molar-refractivity contribution is 0.258. The first-order valence-electron chi connectivity index (χ1n) is 8.15. The Balaban J connectivity index is 0.00000156. The SMILES string of the molecule is CCN1CCCC1CNCc1ccc(-c2cc(Cl)cc(Cl)c2)o1.Cl.Cl. The van der Waals surface area contributed by atoms with Gasteiger partial charge in [-0.3, -0.25) is 4.90 Å². The number of halogens is 4. The maximum absolute atomic E-state index is 6.05. The van der Waals surface area contributed by atoms with Crippen LogP contribution in [0.1, 0.15) is 25.5 Å². The van der Waals surface area contributed by atoms with Crippen LogP contribution in [0.2, 0.25) is 10.0 Å². The third-order valence-corrected chi connectivity index (χ3v) is 4.83. The van der Waals surface area contributed by atoms with Crippen LogP contribution in [0.15, 0.2) is 34.7 Å². The summed E-state index contributed by atoms with van der Waals surface area (Å²) in [5.74, 6) is 1.72. The van der Waals surface area contributed by atoms with Crippen molar-refractivity contribution in [3.63, 3.8) is 0 Å². The molecule has 1 aromatic carbocycles. The second-order valence-corrected chi connectivity index (χ2v) is 6.85. The smallest absolute Gasteiger partial charge is 0.134 e. The number of furan rings is 1. The standard InChI is InChI=1S/C18H22Cl2N2O.2ClH/c1-2-22-7-3-4-16(22)11-21-12-17-5-6-18(23-17)13-8-14(19)10-15(20)9-13;;/h5-6,8-10,16,21H,2-4,7,11-12H2,1H3;2*1H. The van der Waals surface area contributed by atoms with E-state index in [9.17, 15) is 0 Å². The van der Waals surface area contributed by atoms with Gasteiger partial charge in [0.15, 0.2) is 0 Å². The lowest BCUT2D eigenvalue weighted by atomic mass is 10.2. The van der Waals surface area contributed by atoms with Gasteiger partial charge >= 0.3 is 0 Å². The van der Waals surface area contributed by atoms with E-state index in [-0.39, 0.29) is 24.8 Å². The summed E-state index contributed by atoms with van der Waals surface area (Å²) in [4.78, 5) is 2.54. The molecule has 2 heterocycles. The van der Waals surface area contributed by atoms with Crippen molar-refractivity contribution in [2.75, 3.05) is 19.6 Å². The van der Waals surface area contributed by atoms with Crippen LogP contribution >= 0.6 is 48.0 Å². The number of hydrogen-bond donors (Lipinski definition) is 1. The molecule has 0 saturated carbocycles. The normalized spacial score (nSPS) is 17.2. The average Bonchev–Trinajstić information content (AvgIpc) is 3.15. The molecule has 25 heavy (non-hydrogen) atoms. The number of likely N-dealkylation sites (N-methyl/N-ethyl adjacent to an activating group) is 1. The second-order valence-electron chi connectivity index (χ2n) is 5.98. The summed E-state index contributed by atoms with van der Waals surface area (Å²) >= 11 is 12.1. The molecule has 1 unspecified atom stereocenters. The summed E-state index contributed by atoms with van der Waals surface area (Å²) < 4.78 is 5.90. The van der Waals surface area contributed by atoms with Gasteiger partial charge in [0.1, 0.15) is 11.5 Å². The first-order valence-corrected chi connectivity index (χ1v) is 8.91. The fourth-order valence-corrected chi connectivity index (χ4v) is 3.75. The molecule has 7 heteroatoms.